The van der Waals surface area contributed by atoms with E-state index in [2.05, 4.69) is 25.9 Å². The van der Waals surface area contributed by atoms with Crippen LogP contribution in [0.15, 0.2) is 21.7 Å². The monoisotopic (exact) mass is 282 g/mol. The van der Waals surface area contributed by atoms with Crippen molar-refractivity contribution in [3.8, 4) is 0 Å². The van der Waals surface area contributed by atoms with Crippen molar-refractivity contribution in [1.29, 1.82) is 0 Å². The number of hydrogen-bond acceptors (Lipinski definition) is 3. The second-order valence-electron chi connectivity index (χ2n) is 3.92. The van der Waals surface area contributed by atoms with Gasteiger partial charge in [0.05, 0.1) is 37.4 Å². The lowest BCUT2D eigenvalue weighted by Crippen LogP contribution is -2.17. The first-order valence-corrected chi connectivity index (χ1v) is 5.90. The average molecular weight is 283 g/mol. The molecule has 1 aliphatic heterocycles. The summed E-state index contributed by atoms with van der Waals surface area (Å²) in [7, 11) is 0. The zero-order valence-electron chi connectivity index (χ0n) is 8.79. The Morgan fingerprint density at radius 1 is 1.56 bits per heavy atom. The minimum absolute atomic E-state index is 0.171. The van der Waals surface area contributed by atoms with Crippen molar-refractivity contribution in [2.45, 2.75) is 19.4 Å². The maximum absolute atomic E-state index is 5.58. The van der Waals surface area contributed by atoms with Gasteiger partial charge in [0.2, 0.25) is 0 Å². The van der Waals surface area contributed by atoms with Crippen LogP contribution in [0.5, 0.6) is 0 Å². The van der Waals surface area contributed by atoms with Crippen molar-refractivity contribution in [2.75, 3.05) is 6.61 Å². The first-order valence-electron chi connectivity index (χ1n) is 5.10. The number of aryl methyl sites for hydroxylation is 1. The maximum atomic E-state index is 5.58. The molecular formula is C11H11BrN2O2. The number of ether oxygens (including phenoxy) is 1. The molecule has 3 rings (SSSR count). The molecule has 1 unspecified atom stereocenters. The molecule has 1 aliphatic rings. The maximum Gasteiger partial charge on any atom is 0.174 e. The van der Waals surface area contributed by atoms with Gasteiger partial charge in [0.1, 0.15) is 0 Å². The van der Waals surface area contributed by atoms with Crippen LogP contribution in [0.1, 0.15) is 28.4 Å². The highest BCUT2D eigenvalue weighted by Crippen LogP contribution is 2.37. The second-order valence-corrected chi connectivity index (χ2v) is 4.64. The van der Waals surface area contributed by atoms with Crippen molar-refractivity contribution >= 4 is 15.9 Å². The SMILES string of the molecule is Cc1[nH]cnc1C1COCc2c1coc2Br. The van der Waals surface area contributed by atoms with Crippen LogP contribution in [0.25, 0.3) is 0 Å². The fourth-order valence-electron chi connectivity index (χ4n) is 2.12. The van der Waals surface area contributed by atoms with E-state index < -0.39 is 0 Å². The Hall–Kier alpha value is -1.07. The van der Waals surface area contributed by atoms with Crippen LogP contribution in [0.2, 0.25) is 0 Å². The predicted molar refractivity (Wildman–Crippen MR) is 61.2 cm³/mol. The molecule has 0 aromatic carbocycles. The van der Waals surface area contributed by atoms with Crippen molar-refractivity contribution in [3.05, 3.63) is 39.8 Å². The number of imidazole rings is 1. The minimum Gasteiger partial charge on any atom is -0.457 e. The van der Waals surface area contributed by atoms with E-state index in [1.807, 2.05) is 6.92 Å². The van der Waals surface area contributed by atoms with Crippen molar-refractivity contribution < 1.29 is 9.15 Å². The molecule has 0 spiro atoms. The zero-order chi connectivity index (χ0) is 11.1. The number of H-pyrrole nitrogens is 1. The normalized spacial score (nSPS) is 19.8. The molecule has 4 nitrogen and oxygen atoms in total. The van der Waals surface area contributed by atoms with Gasteiger partial charge in [-0.3, -0.25) is 0 Å². The molecule has 0 saturated heterocycles. The van der Waals surface area contributed by atoms with Crippen LogP contribution in [0, 0.1) is 6.92 Å². The Labute approximate surface area is 101 Å². The zero-order valence-corrected chi connectivity index (χ0v) is 10.4. The first-order chi connectivity index (χ1) is 7.77. The Kier molecular flexibility index (Phi) is 2.37. The summed E-state index contributed by atoms with van der Waals surface area (Å²) in [5, 5.41) is 0. The summed E-state index contributed by atoms with van der Waals surface area (Å²) in [4.78, 5) is 7.45. The summed E-state index contributed by atoms with van der Waals surface area (Å²) in [5.41, 5.74) is 4.39. The molecule has 0 saturated carbocycles. The Bertz CT molecular complexity index is 518. The van der Waals surface area contributed by atoms with Gasteiger partial charge in [-0.25, -0.2) is 4.98 Å². The van der Waals surface area contributed by atoms with Gasteiger partial charge in [-0.15, -0.1) is 0 Å². The summed E-state index contributed by atoms with van der Waals surface area (Å²) in [5.74, 6) is 0.171. The lowest BCUT2D eigenvalue weighted by Gasteiger charge is -2.21. The van der Waals surface area contributed by atoms with E-state index in [-0.39, 0.29) is 5.92 Å². The average Bonchev–Trinajstić information content (AvgIpc) is 2.86. The highest BCUT2D eigenvalue weighted by Gasteiger charge is 2.28. The fourth-order valence-corrected chi connectivity index (χ4v) is 2.56. The predicted octanol–water partition coefficient (Wildman–Crippen LogP) is 2.74. The number of nitrogens with one attached hydrogen (secondary N) is 1. The quantitative estimate of drug-likeness (QED) is 0.875. The standard InChI is InChI=1S/C11H11BrN2O2/c1-6-10(14-5-13-6)8-2-15-3-9-7(8)4-16-11(9)12/h4-5,8H,2-3H2,1H3,(H,13,14). The van der Waals surface area contributed by atoms with Crippen LogP contribution in [0.4, 0.5) is 0 Å². The summed E-state index contributed by atoms with van der Waals surface area (Å²) < 4.78 is 11.7. The van der Waals surface area contributed by atoms with E-state index in [0.717, 1.165) is 21.6 Å². The van der Waals surface area contributed by atoms with E-state index in [1.165, 1.54) is 5.56 Å². The number of furan rings is 1. The molecule has 16 heavy (non-hydrogen) atoms. The van der Waals surface area contributed by atoms with Crippen LogP contribution < -0.4 is 0 Å². The number of fused-ring (bicyclic) bond motifs is 1. The molecule has 0 amide bonds. The molecule has 0 aliphatic carbocycles. The minimum atomic E-state index is 0.171. The van der Waals surface area contributed by atoms with Gasteiger partial charge in [0.15, 0.2) is 4.67 Å². The molecule has 3 heterocycles. The van der Waals surface area contributed by atoms with E-state index in [0.29, 0.717) is 13.2 Å². The van der Waals surface area contributed by atoms with Crippen LogP contribution in [0.3, 0.4) is 0 Å². The molecule has 2 aromatic heterocycles. The summed E-state index contributed by atoms with van der Waals surface area (Å²) in [6.45, 7) is 3.28. The van der Waals surface area contributed by atoms with Crippen LogP contribution in [-0.2, 0) is 11.3 Å². The molecule has 5 heteroatoms. The number of halogens is 1. The van der Waals surface area contributed by atoms with E-state index in [9.17, 15) is 0 Å². The fraction of sp³-hybridized carbons (Fsp3) is 0.364. The topological polar surface area (TPSA) is 51.0 Å². The number of aromatic nitrogens is 2. The Balaban J connectivity index is 2.08. The number of rotatable bonds is 1. The molecule has 84 valence electrons. The van der Waals surface area contributed by atoms with Gasteiger partial charge in [-0.2, -0.15) is 0 Å². The third kappa shape index (κ3) is 1.43. The highest BCUT2D eigenvalue weighted by atomic mass is 79.9. The molecule has 2 aromatic rings. The third-order valence-electron chi connectivity index (χ3n) is 2.98. The second kappa shape index (κ2) is 3.75. The summed E-state index contributed by atoms with van der Waals surface area (Å²) in [6, 6.07) is 0. The molecule has 1 N–H and O–H groups in total. The van der Waals surface area contributed by atoms with Gasteiger partial charge in [0.25, 0.3) is 0 Å². The molecular weight excluding hydrogens is 272 g/mol. The summed E-state index contributed by atoms with van der Waals surface area (Å²) in [6.07, 6.45) is 3.51. The molecule has 1 atom stereocenters. The first kappa shape index (κ1) is 10.1. The number of nitrogens with zero attached hydrogens (tertiary/aromatic N) is 1. The molecule has 0 radical (unpaired) electrons. The lowest BCUT2D eigenvalue weighted by molar-refractivity contribution is 0.0985. The number of aromatic amines is 1. The highest BCUT2D eigenvalue weighted by molar-refractivity contribution is 9.10. The van der Waals surface area contributed by atoms with Crippen molar-refractivity contribution in [2.24, 2.45) is 0 Å². The van der Waals surface area contributed by atoms with E-state index in [4.69, 9.17) is 9.15 Å². The molecule has 0 bridgehead atoms. The Morgan fingerprint density at radius 3 is 3.19 bits per heavy atom. The number of hydrogen-bond donors (Lipinski definition) is 1. The van der Waals surface area contributed by atoms with Crippen LogP contribution in [-0.4, -0.2) is 16.6 Å². The molecule has 0 fully saturated rings. The Morgan fingerprint density at radius 2 is 2.44 bits per heavy atom. The van der Waals surface area contributed by atoms with Crippen molar-refractivity contribution in [1.82, 2.24) is 9.97 Å². The van der Waals surface area contributed by atoms with E-state index >= 15 is 0 Å². The summed E-state index contributed by atoms with van der Waals surface area (Å²) >= 11 is 3.39. The van der Waals surface area contributed by atoms with Crippen molar-refractivity contribution in [3.63, 3.8) is 0 Å². The largest absolute Gasteiger partial charge is 0.457 e. The van der Waals surface area contributed by atoms with Gasteiger partial charge < -0.3 is 14.1 Å². The smallest absolute Gasteiger partial charge is 0.174 e. The van der Waals surface area contributed by atoms with Gasteiger partial charge >= 0.3 is 0 Å². The third-order valence-corrected chi connectivity index (χ3v) is 3.65. The van der Waals surface area contributed by atoms with E-state index in [1.54, 1.807) is 12.6 Å². The van der Waals surface area contributed by atoms with Gasteiger partial charge in [-0.05, 0) is 22.9 Å². The lowest BCUT2D eigenvalue weighted by atomic mass is 9.93. The van der Waals surface area contributed by atoms with Gasteiger partial charge in [0, 0.05) is 16.8 Å². The van der Waals surface area contributed by atoms with Crippen LogP contribution >= 0.6 is 15.9 Å². The van der Waals surface area contributed by atoms with Gasteiger partial charge in [-0.1, -0.05) is 0 Å².